The quantitative estimate of drug-likeness (QED) is 0.700. The van der Waals surface area contributed by atoms with Crippen molar-refractivity contribution in [3.63, 3.8) is 0 Å². The number of hydrogen-bond donors (Lipinski definition) is 0. The standard InChI is InChI=1S/C21H22N2O4/c1-22-10-8-13-14(22)6-5-7-15(13)23-11-9-17(24)19-16(23)12-18(25-2)20(26-3)21(19)27-4/h5-8,10,12H,9,11H2,1-4H3. The Morgan fingerprint density at radius 1 is 0.963 bits per heavy atom. The number of Topliss-reactive ketones (excluding diaryl/α,β-unsaturated/α-hetero) is 1. The molecule has 6 nitrogen and oxygen atoms in total. The van der Waals surface area contributed by atoms with Crippen LogP contribution in [0.2, 0.25) is 0 Å². The van der Waals surface area contributed by atoms with Gasteiger partial charge in [0.05, 0.1) is 38.3 Å². The van der Waals surface area contributed by atoms with E-state index in [2.05, 4.69) is 27.7 Å². The summed E-state index contributed by atoms with van der Waals surface area (Å²) in [6.07, 6.45) is 2.45. The molecule has 0 unspecified atom stereocenters. The van der Waals surface area contributed by atoms with E-state index in [1.165, 1.54) is 0 Å². The van der Waals surface area contributed by atoms with Gasteiger partial charge in [-0.05, 0) is 18.2 Å². The highest BCUT2D eigenvalue weighted by atomic mass is 16.5. The average Bonchev–Trinajstić information content (AvgIpc) is 3.08. The van der Waals surface area contributed by atoms with E-state index in [9.17, 15) is 4.79 Å². The average molecular weight is 366 g/mol. The monoisotopic (exact) mass is 366 g/mol. The van der Waals surface area contributed by atoms with E-state index in [0.717, 1.165) is 22.3 Å². The van der Waals surface area contributed by atoms with Gasteiger partial charge in [-0.25, -0.2) is 0 Å². The first kappa shape index (κ1) is 17.3. The molecule has 0 bridgehead atoms. The number of rotatable bonds is 4. The lowest BCUT2D eigenvalue weighted by atomic mass is 9.97. The lowest BCUT2D eigenvalue weighted by Crippen LogP contribution is -2.28. The summed E-state index contributed by atoms with van der Waals surface area (Å²) in [6.45, 7) is 0.596. The summed E-state index contributed by atoms with van der Waals surface area (Å²) in [4.78, 5) is 14.9. The Morgan fingerprint density at radius 3 is 2.44 bits per heavy atom. The van der Waals surface area contributed by atoms with Crippen molar-refractivity contribution in [2.45, 2.75) is 6.42 Å². The fourth-order valence-corrected chi connectivity index (χ4v) is 3.86. The number of benzene rings is 2. The molecule has 0 radical (unpaired) electrons. The van der Waals surface area contributed by atoms with Gasteiger partial charge in [0, 0.05) is 43.2 Å². The summed E-state index contributed by atoms with van der Waals surface area (Å²) >= 11 is 0. The first-order chi connectivity index (χ1) is 13.1. The highest BCUT2D eigenvalue weighted by Gasteiger charge is 2.32. The van der Waals surface area contributed by atoms with Gasteiger partial charge < -0.3 is 23.7 Å². The molecule has 4 rings (SSSR count). The molecule has 6 heteroatoms. The van der Waals surface area contributed by atoms with E-state index in [0.29, 0.717) is 35.8 Å². The van der Waals surface area contributed by atoms with Crippen molar-refractivity contribution in [2.75, 3.05) is 32.8 Å². The third-order valence-electron chi connectivity index (χ3n) is 5.14. The Labute approximate surface area is 157 Å². The number of aryl methyl sites for hydroxylation is 1. The van der Waals surface area contributed by atoms with Gasteiger partial charge in [0.2, 0.25) is 5.75 Å². The van der Waals surface area contributed by atoms with Gasteiger partial charge in [-0.3, -0.25) is 4.79 Å². The first-order valence-corrected chi connectivity index (χ1v) is 8.78. The molecule has 0 amide bonds. The van der Waals surface area contributed by atoms with Crippen LogP contribution in [0.15, 0.2) is 36.5 Å². The molecule has 0 saturated heterocycles. The zero-order chi connectivity index (χ0) is 19.1. The Hall–Kier alpha value is -3.15. The predicted octanol–water partition coefficient (Wildman–Crippen LogP) is 3.93. The minimum absolute atomic E-state index is 0.0410. The van der Waals surface area contributed by atoms with Crippen molar-refractivity contribution < 1.29 is 19.0 Å². The van der Waals surface area contributed by atoms with Crippen LogP contribution in [0.5, 0.6) is 17.2 Å². The summed E-state index contributed by atoms with van der Waals surface area (Å²) < 4.78 is 18.6. The number of fused-ring (bicyclic) bond motifs is 2. The number of nitrogens with zero attached hydrogens (tertiary/aromatic N) is 2. The topological polar surface area (TPSA) is 52.9 Å². The smallest absolute Gasteiger partial charge is 0.204 e. The van der Waals surface area contributed by atoms with Crippen molar-refractivity contribution >= 4 is 28.1 Å². The largest absolute Gasteiger partial charge is 0.493 e. The van der Waals surface area contributed by atoms with Gasteiger partial charge in [-0.15, -0.1) is 0 Å². The summed E-state index contributed by atoms with van der Waals surface area (Å²) in [5.74, 6) is 1.43. The minimum atomic E-state index is 0.0410. The Kier molecular flexibility index (Phi) is 4.18. The highest BCUT2D eigenvalue weighted by molar-refractivity contribution is 6.09. The SMILES string of the molecule is COc1cc2c(c(OC)c1OC)C(=O)CCN2c1cccc2c1ccn2C. The molecule has 1 aliphatic rings. The van der Waals surface area contributed by atoms with Crippen LogP contribution in [-0.4, -0.2) is 38.2 Å². The zero-order valence-electron chi connectivity index (χ0n) is 15.9. The number of hydrogen-bond acceptors (Lipinski definition) is 5. The molecule has 1 aliphatic heterocycles. The minimum Gasteiger partial charge on any atom is -0.493 e. The van der Waals surface area contributed by atoms with Crippen molar-refractivity contribution in [1.82, 2.24) is 4.57 Å². The second-order valence-electron chi connectivity index (χ2n) is 6.50. The van der Waals surface area contributed by atoms with Gasteiger partial charge in [-0.2, -0.15) is 0 Å². The molecule has 3 aromatic rings. The van der Waals surface area contributed by atoms with Crippen LogP contribution in [0, 0.1) is 0 Å². The number of ether oxygens (including phenoxy) is 3. The van der Waals surface area contributed by atoms with E-state index in [1.807, 2.05) is 25.4 Å². The lowest BCUT2D eigenvalue weighted by molar-refractivity contribution is 0.0977. The Morgan fingerprint density at radius 2 is 1.74 bits per heavy atom. The van der Waals surface area contributed by atoms with Gasteiger partial charge in [0.1, 0.15) is 0 Å². The summed E-state index contributed by atoms with van der Waals surface area (Å²) in [6, 6.07) is 10.1. The number of carbonyl (C=O) groups excluding carboxylic acids is 1. The molecule has 27 heavy (non-hydrogen) atoms. The maximum Gasteiger partial charge on any atom is 0.204 e. The summed E-state index contributed by atoms with van der Waals surface area (Å²) in [5.41, 5.74) is 3.50. The number of carbonyl (C=O) groups is 1. The van der Waals surface area contributed by atoms with E-state index < -0.39 is 0 Å². The van der Waals surface area contributed by atoms with Gasteiger partial charge in [0.15, 0.2) is 17.3 Å². The van der Waals surface area contributed by atoms with E-state index in [4.69, 9.17) is 14.2 Å². The maximum absolute atomic E-state index is 12.8. The van der Waals surface area contributed by atoms with Crippen LogP contribution in [-0.2, 0) is 7.05 Å². The Balaban J connectivity index is 1.99. The molecule has 0 spiro atoms. The molecule has 2 heterocycles. The molecule has 0 atom stereocenters. The van der Waals surface area contributed by atoms with Gasteiger partial charge in [-0.1, -0.05) is 6.07 Å². The van der Waals surface area contributed by atoms with E-state index in [1.54, 1.807) is 21.3 Å². The van der Waals surface area contributed by atoms with Crippen LogP contribution >= 0.6 is 0 Å². The first-order valence-electron chi connectivity index (χ1n) is 8.78. The Bertz CT molecular complexity index is 1040. The molecule has 1 aromatic heterocycles. The van der Waals surface area contributed by atoms with Crippen LogP contribution < -0.4 is 19.1 Å². The second kappa shape index (κ2) is 6.54. The van der Waals surface area contributed by atoms with E-state index in [-0.39, 0.29) is 5.78 Å². The molecular weight excluding hydrogens is 344 g/mol. The van der Waals surface area contributed by atoms with Crippen LogP contribution in [0.3, 0.4) is 0 Å². The summed E-state index contributed by atoms with van der Waals surface area (Å²) in [5, 5.41) is 1.13. The van der Waals surface area contributed by atoms with Crippen molar-refractivity contribution in [1.29, 1.82) is 0 Å². The fraction of sp³-hybridized carbons (Fsp3) is 0.286. The number of methoxy groups -OCH3 is 3. The van der Waals surface area contributed by atoms with Crippen LogP contribution in [0.4, 0.5) is 11.4 Å². The number of aromatic nitrogens is 1. The zero-order valence-corrected chi connectivity index (χ0v) is 15.9. The normalized spacial score (nSPS) is 13.6. The van der Waals surface area contributed by atoms with Crippen LogP contribution in [0.1, 0.15) is 16.8 Å². The maximum atomic E-state index is 12.8. The van der Waals surface area contributed by atoms with Gasteiger partial charge in [0.25, 0.3) is 0 Å². The molecule has 0 saturated carbocycles. The van der Waals surface area contributed by atoms with Crippen LogP contribution in [0.25, 0.3) is 10.9 Å². The predicted molar refractivity (Wildman–Crippen MR) is 105 cm³/mol. The molecule has 0 fully saturated rings. The lowest BCUT2D eigenvalue weighted by Gasteiger charge is -2.33. The molecule has 140 valence electrons. The molecule has 0 N–H and O–H groups in total. The second-order valence-corrected chi connectivity index (χ2v) is 6.50. The molecule has 2 aromatic carbocycles. The molecular formula is C21H22N2O4. The number of anilines is 2. The van der Waals surface area contributed by atoms with E-state index >= 15 is 0 Å². The van der Waals surface area contributed by atoms with Gasteiger partial charge >= 0.3 is 0 Å². The third-order valence-corrected chi connectivity index (χ3v) is 5.14. The van der Waals surface area contributed by atoms with Crippen molar-refractivity contribution in [3.05, 3.63) is 42.1 Å². The number of ketones is 1. The summed E-state index contributed by atoms with van der Waals surface area (Å²) in [7, 11) is 6.69. The van der Waals surface area contributed by atoms with Crippen molar-refractivity contribution in [2.24, 2.45) is 7.05 Å². The molecule has 0 aliphatic carbocycles. The van der Waals surface area contributed by atoms with Crippen molar-refractivity contribution in [3.8, 4) is 17.2 Å². The third kappa shape index (κ3) is 2.51. The fourth-order valence-electron chi connectivity index (χ4n) is 3.86. The highest BCUT2D eigenvalue weighted by Crippen LogP contribution is 2.49.